The zero-order valence-electron chi connectivity index (χ0n) is 23.1. The Bertz CT molecular complexity index is 1060. The van der Waals surface area contributed by atoms with Crippen LogP contribution in [0.2, 0.25) is 0 Å². The zero-order chi connectivity index (χ0) is 26.9. The average molecular weight is 521 g/mol. The Labute approximate surface area is 227 Å². The fourth-order valence-electron chi connectivity index (χ4n) is 5.62. The second kappa shape index (κ2) is 13.9. The number of aliphatic hydroxyl groups excluding tert-OH is 1. The number of aryl methyl sites for hydroxylation is 2. The third kappa shape index (κ3) is 8.15. The van der Waals surface area contributed by atoms with Crippen LogP contribution in [0.1, 0.15) is 98.4 Å². The van der Waals surface area contributed by atoms with Crippen LogP contribution < -0.4 is 10.1 Å². The molecule has 2 aliphatic rings. The van der Waals surface area contributed by atoms with Crippen molar-refractivity contribution >= 4 is 11.7 Å². The smallest absolute Gasteiger partial charge is 0.220 e. The lowest BCUT2D eigenvalue weighted by Crippen LogP contribution is -2.46. The maximum Gasteiger partial charge on any atom is 0.220 e. The first-order valence-electron chi connectivity index (χ1n) is 14.5. The average Bonchev–Trinajstić information content (AvgIpc) is 3.43. The van der Waals surface area contributed by atoms with E-state index >= 15 is 0 Å². The van der Waals surface area contributed by atoms with E-state index in [1.54, 1.807) is 12.1 Å². The molecule has 2 atom stereocenters. The zero-order valence-corrected chi connectivity index (χ0v) is 23.1. The highest BCUT2D eigenvalue weighted by atomic mass is 16.5. The first-order chi connectivity index (χ1) is 18.4. The van der Waals surface area contributed by atoms with Gasteiger partial charge in [0.2, 0.25) is 5.91 Å². The molecule has 1 saturated heterocycles. The molecular weight excluding hydrogens is 476 g/mol. The van der Waals surface area contributed by atoms with Gasteiger partial charge < -0.3 is 20.1 Å². The number of hydrogen-bond acceptors (Lipinski definition) is 5. The molecule has 0 unspecified atom stereocenters. The lowest BCUT2D eigenvalue weighted by Gasteiger charge is -2.29. The Hall–Kier alpha value is -2.70. The van der Waals surface area contributed by atoms with E-state index in [0.717, 1.165) is 50.1 Å². The van der Waals surface area contributed by atoms with Crippen molar-refractivity contribution in [2.45, 2.75) is 96.3 Å². The molecule has 2 N–H and O–H groups in total. The second-order valence-corrected chi connectivity index (χ2v) is 11.2. The Morgan fingerprint density at radius 3 is 2.32 bits per heavy atom. The number of amides is 1. The van der Waals surface area contributed by atoms with Crippen molar-refractivity contribution in [1.29, 1.82) is 0 Å². The number of carbonyl (C=O) groups excluding carboxylic acids is 2. The highest BCUT2D eigenvalue weighted by molar-refractivity contribution is 5.96. The molecule has 0 bridgehead atoms. The van der Waals surface area contributed by atoms with Crippen molar-refractivity contribution in [3.05, 3.63) is 64.7 Å². The highest BCUT2D eigenvalue weighted by Crippen LogP contribution is 2.27. The Balaban J connectivity index is 1.28. The van der Waals surface area contributed by atoms with E-state index in [0.29, 0.717) is 37.8 Å². The Kier molecular flexibility index (Phi) is 10.4. The third-order valence-electron chi connectivity index (χ3n) is 7.70. The van der Waals surface area contributed by atoms with Gasteiger partial charge in [0.1, 0.15) is 11.9 Å². The summed E-state index contributed by atoms with van der Waals surface area (Å²) in [6.07, 6.45) is 8.33. The topological polar surface area (TPSA) is 78.9 Å². The minimum absolute atomic E-state index is 0.0613. The van der Waals surface area contributed by atoms with Gasteiger partial charge in [0.15, 0.2) is 5.78 Å². The van der Waals surface area contributed by atoms with Gasteiger partial charge >= 0.3 is 0 Å². The molecule has 206 valence electrons. The van der Waals surface area contributed by atoms with E-state index in [4.69, 9.17) is 4.74 Å². The molecule has 1 aliphatic heterocycles. The molecule has 4 rings (SSSR count). The molecule has 38 heavy (non-hydrogen) atoms. The van der Waals surface area contributed by atoms with E-state index in [-0.39, 0.29) is 23.8 Å². The summed E-state index contributed by atoms with van der Waals surface area (Å²) < 4.78 is 5.64. The fraction of sp³-hybridized carbons (Fsp3) is 0.562. The molecule has 0 spiro atoms. The number of likely N-dealkylation sites (tertiary alicyclic amines) is 1. The van der Waals surface area contributed by atoms with E-state index < -0.39 is 6.10 Å². The highest BCUT2D eigenvalue weighted by Gasteiger charge is 2.27. The summed E-state index contributed by atoms with van der Waals surface area (Å²) in [5.74, 6) is 0.777. The minimum atomic E-state index is -0.740. The monoisotopic (exact) mass is 520 g/mol. The van der Waals surface area contributed by atoms with E-state index in [1.807, 2.05) is 32.0 Å². The van der Waals surface area contributed by atoms with Gasteiger partial charge in [0.25, 0.3) is 0 Å². The number of ketones is 1. The second-order valence-electron chi connectivity index (χ2n) is 11.2. The molecule has 0 aromatic heterocycles. The van der Waals surface area contributed by atoms with Crippen LogP contribution in [0.5, 0.6) is 5.75 Å². The molecule has 1 fully saturated rings. The summed E-state index contributed by atoms with van der Waals surface area (Å²) in [6.45, 7) is 6.61. The number of unbranched alkanes of at least 4 members (excludes halogenated alkanes) is 1. The van der Waals surface area contributed by atoms with Gasteiger partial charge in [0, 0.05) is 24.9 Å². The minimum Gasteiger partial charge on any atom is -0.491 e. The number of nitrogens with one attached hydrogen (secondary N) is 1. The molecule has 2 aromatic carbocycles. The first-order valence-corrected chi connectivity index (χ1v) is 14.5. The lowest BCUT2D eigenvalue weighted by atomic mass is 9.88. The Morgan fingerprint density at radius 1 is 0.921 bits per heavy atom. The maximum absolute atomic E-state index is 12.9. The predicted molar refractivity (Wildman–Crippen MR) is 151 cm³/mol. The van der Waals surface area contributed by atoms with Crippen molar-refractivity contribution < 1.29 is 19.4 Å². The SMILES string of the molecule is CC(C)Oc1ccc(C(=O)CCCCC(=O)N[C@H](CN2CCCC2)[C@H](O)c2ccc3c(c2)CCCC3)cc1. The summed E-state index contributed by atoms with van der Waals surface area (Å²) in [4.78, 5) is 27.8. The molecule has 1 amide bonds. The fourth-order valence-corrected chi connectivity index (χ4v) is 5.62. The van der Waals surface area contributed by atoms with Gasteiger partial charge in [-0.05, 0) is 119 Å². The van der Waals surface area contributed by atoms with Crippen LogP contribution in [0.3, 0.4) is 0 Å². The number of aliphatic hydroxyl groups is 1. The van der Waals surface area contributed by atoms with Crippen molar-refractivity contribution in [3.63, 3.8) is 0 Å². The van der Waals surface area contributed by atoms with Crippen molar-refractivity contribution in [2.24, 2.45) is 0 Å². The van der Waals surface area contributed by atoms with E-state index in [1.165, 1.54) is 24.0 Å². The van der Waals surface area contributed by atoms with Crippen LogP contribution in [0, 0.1) is 0 Å². The summed E-state index contributed by atoms with van der Waals surface area (Å²) in [6, 6.07) is 13.2. The first kappa shape index (κ1) is 28.3. The van der Waals surface area contributed by atoms with E-state index in [9.17, 15) is 14.7 Å². The molecule has 6 nitrogen and oxygen atoms in total. The van der Waals surface area contributed by atoms with Crippen LogP contribution in [0.25, 0.3) is 0 Å². The van der Waals surface area contributed by atoms with Crippen molar-refractivity contribution in [3.8, 4) is 5.75 Å². The summed E-state index contributed by atoms with van der Waals surface area (Å²) in [5.41, 5.74) is 4.29. The van der Waals surface area contributed by atoms with Crippen LogP contribution in [0.4, 0.5) is 0 Å². The van der Waals surface area contributed by atoms with E-state index in [2.05, 4.69) is 22.3 Å². The number of carbonyl (C=O) groups is 2. The number of rotatable bonds is 13. The number of ether oxygens (including phenoxy) is 1. The molecule has 6 heteroatoms. The number of hydrogen-bond donors (Lipinski definition) is 2. The number of Topliss-reactive ketones (excluding diaryl/α,β-unsaturated/α-hetero) is 1. The number of fused-ring (bicyclic) bond motifs is 1. The largest absolute Gasteiger partial charge is 0.491 e. The molecule has 0 saturated carbocycles. The molecule has 1 aliphatic carbocycles. The van der Waals surface area contributed by atoms with Crippen LogP contribution in [-0.2, 0) is 17.6 Å². The van der Waals surface area contributed by atoms with Gasteiger partial charge in [0.05, 0.1) is 12.1 Å². The van der Waals surface area contributed by atoms with Crippen LogP contribution in [-0.4, -0.2) is 53.5 Å². The van der Waals surface area contributed by atoms with Crippen molar-refractivity contribution in [1.82, 2.24) is 10.2 Å². The van der Waals surface area contributed by atoms with Crippen LogP contribution in [0.15, 0.2) is 42.5 Å². The standard InChI is InChI=1S/C32H44N2O4/c1-23(2)38-28-17-15-25(16-18-28)30(35)11-5-6-12-31(36)33-29(22-34-19-7-8-20-34)32(37)27-14-13-24-9-3-4-10-26(24)21-27/h13-18,21,23,29,32,37H,3-12,19-20,22H2,1-2H3,(H,33,36)/t29-,32-/m1/s1. The molecule has 0 radical (unpaired) electrons. The molecular formula is C32H44N2O4. The van der Waals surface area contributed by atoms with Crippen molar-refractivity contribution in [2.75, 3.05) is 19.6 Å². The normalized spacial score (nSPS) is 17.2. The van der Waals surface area contributed by atoms with Gasteiger partial charge in [-0.15, -0.1) is 0 Å². The number of nitrogens with zero attached hydrogens (tertiary/aromatic N) is 1. The quantitative estimate of drug-likeness (QED) is 0.273. The van der Waals surface area contributed by atoms with Gasteiger partial charge in [-0.1, -0.05) is 18.2 Å². The van der Waals surface area contributed by atoms with Gasteiger partial charge in [-0.2, -0.15) is 0 Å². The maximum atomic E-state index is 12.9. The summed E-state index contributed by atoms with van der Waals surface area (Å²) in [7, 11) is 0. The van der Waals surface area contributed by atoms with Gasteiger partial charge in [-0.3, -0.25) is 9.59 Å². The van der Waals surface area contributed by atoms with Crippen LogP contribution >= 0.6 is 0 Å². The lowest BCUT2D eigenvalue weighted by molar-refractivity contribution is -0.123. The third-order valence-corrected chi connectivity index (χ3v) is 7.70. The molecule has 2 aromatic rings. The molecule has 1 heterocycles. The summed E-state index contributed by atoms with van der Waals surface area (Å²) in [5, 5.41) is 14.5. The summed E-state index contributed by atoms with van der Waals surface area (Å²) >= 11 is 0. The number of benzene rings is 2. The predicted octanol–water partition coefficient (Wildman–Crippen LogP) is 5.41. The Morgan fingerprint density at radius 2 is 1.61 bits per heavy atom. The van der Waals surface area contributed by atoms with Gasteiger partial charge in [-0.25, -0.2) is 0 Å².